The van der Waals surface area contributed by atoms with Gasteiger partial charge < -0.3 is 15.5 Å². The van der Waals surface area contributed by atoms with Gasteiger partial charge >= 0.3 is 0 Å². The Morgan fingerprint density at radius 1 is 1.37 bits per heavy atom. The highest BCUT2D eigenvalue weighted by Crippen LogP contribution is 2.19. The van der Waals surface area contributed by atoms with E-state index in [2.05, 4.69) is 20.3 Å². The summed E-state index contributed by atoms with van der Waals surface area (Å²) >= 11 is 1.25. The van der Waals surface area contributed by atoms with Gasteiger partial charge in [0.15, 0.2) is 5.96 Å². The van der Waals surface area contributed by atoms with Crippen LogP contribution < -0.4 is 15.4 Å². The largest absolute Gasteiger partial charge is 0.357 e. The number of amides is 1. The van der Waals surface area contributed by atoms with Gasteiger partial charge in [-0.2, -0.15) is 0 Å². The van der Waals surface area contributed by atoms with Gasteiger partial charge in [-0.1, -0.05) is 6.92 Å². The second-order valence-corrected chi connectivity index (χ2v) is 9.63. The number of hydrogen-bond donors (Lipinski definition) is 3. The smallest absolute Gasteiger partial charge is 0.250 e. The number of aliphatic imine (C=N–C) groups is 1. The first-order valence-corrected chi connectivity index (χ1v) is 11.5. The molecule has 0 aromatic carbocycles. The van der Waals surface area contributed by atoms with E-state index in [1.165, 1.54) is 11.3 Å². The van der Waals surface area contributed by atoms with E-state index < -0.39 is 10.0 Å². The molecule has 2 rings (SSSR count). The number of aryl methyl sites for hydroxylation is 1. The molecule has 152 valence electrons. The molecular formula is C17H29N5O3S2. The van der Waals surface area contributed by atoms with Crippen molar-refractivity contribution in [1.29, 1.82) is 0 Å². The van der Waals surface area contributed by atoms with Crippen molar-refractivity contribution in [3.05, 3.63) is 17.0 Å². The molecule has 1 saturated heterocycles. The minimum Gasteiger partial charge on any atom is -0.357 e. The lowest BCUT2D eigenvalue weighted by Crippen LogP contribution is -2.45. The van der Waals surface area contributed by atoms with E-state index in [1.807, 2.05) is 25.7 Å². The van der Waals surface area contributed by atoms with Gasteiger partial charge in [0.25, 0.3) is 0 Å². The Balaban J connectivity index is 1.84. The molecule has 27 heavy (non-hydrogen) atoms. The number of carbonyl (C=O) groups is 1. The molecule has 1 aromatic heterocycles. The molecule has 1 atom stereocenters. The van der Waals surface area contributed by atoms with Crippen LogP contribution in [0, 0.1) is 6.92 Å². The zero-order valence-corrected chi connectivity index (χ0v) is 17.8. The Hall–Kier alpha value is -1.65. The van der Waals surface area contributed by atoms with Crippen LogP contribution in [0.25, 0.3) is 0 Å². The monoisotopic (exact) mass is 415 g/mol. The molecule has 0 saturated carbocycles. The molecule has 0 spiro atoms. The third kappa shape index (κ3) is 6.47. The lowest BCUT2D eigenvalue weighted by atomic mass is 10.3. The fraction of sp³-hybridized carbons (Fsp3) is 0.647. The normalized spacial score (nSPS) is 18.0. The van der Waals surface area contributed by atoms with Crippen LogP contribution in [0.5, 0.6) is 0 Å². The summed E-state index contributed by atoms with van der Waals surface area (Å²) in [5, 5.41) is 6.49. The number of hydrogen-bond acceptors (Lipinski definition) is 5. The van der Waals surface area contributed by atoms with Crippen LogP contribution in [0.1, 0.15) is 31.6 Å². The van der Waals surface area contributed by atoms with Crippen molar-refractivity contribution in [2.75, 3.05) is 32.7 Å². The van der Waals surface area contributed by atoms with Crippen LogP contribution >= 0.6 is 11.3 Å². The molecule has 0 radical (unpaired) electrons. The number of sulfonamides is 1. The molecule has 1 aliphatic heterocycles. The highest BCUT2D eigenvalue weighted by atomic mass is 32.2. The van der Waals surface area contributed by atoms with Crippen molar-refractivity contribution in [3.8, 4) is 0 Å². The number of carbonyl (C=O) groups excluding carboxylic acids is 1. The van der Waals surface area contributed by atoms with Crippen LogP contribution in [0.4, 0.5) is 0 Å². The summed E-state index contributed by atoms with van der Waals surface area (Å²) in [5.41, 5.74) is 0. The number of thiophene rings is 1. The van der Waals surface area contributed by atoms with Gasteiger partial charge in [0.05, 0.1) is 6.54 Å². The summed E-state index contributed by atoms with van der Waals surface area (Å²) in [6.45, 7) is 8.39. The average Bonchev–Trinajstić information content (AvgIpc) is 3.27. The first-order chi connectivity index (χ1) is 12.9. The molecule has 1 unspecified atom stereocenters. The molecule has 8 nitrogen and oxygen atoms in total. The summed E-state index contributed by atoms with van der Waals surface area (Å²) in [6, 6.07) is 3.56. The molecule has 0 aliphatic carbocycles. The average molecular weight is 416 g/mol. The van der Waals surface area contributed by atoms with Crippen molar-refractivity contribution in [1.82, 2.24) is 20.3 Å². The Labute approximate surface area is 165 Å². The van der Waals surface area contributed by atoms with Gasteiger partial charge in [-0.15, -0.1) is 11.3 Å². The summed E-state index contributed by atoms with van der Waals surface area (Å²) < 4.78 is 27.3. The highest BCUT2D eigenvalue weighted by molar-refractivity contribution is 7.91. The SMILES string of the molecule is CCNC(=NCCNS(=O)(=O)c1ccc(C)s1)NC1CCN(C(=O)CC)C1. The van der Waals surface area contributed by atoms with Gasteiger partial charge in [0.2, 0.25) is 15.9 Å². The van der Waals surface area contributed by atoms with Gasteiger partial charge in [0, 0.05) is 43.5 Å². The summed E-state index contributed by atoms with van der Waals surface area (Å²) in [4.78, 5) is 19.0. The number of rotatable bonds is 8. The molecule has 1 aromatic rings. The second kappa shape index (κ2) is 10.0. The fourth-order valence-electron chi connectivity index (χ4n) is 2.82. The minimum absolute atomic E-state index is 0.157. The molecule has 0 bridgehead atoms. The number of guanidine groups is 1. The minimum atomic E-state index is -3.48. The predicted octanol–water partition coefficient (Wildman–Crippen LogP) is 0.901. The number of nitrogens with one attached hydrogen (secondary N) is 3. The van der Waals surface area contributed by atoms with Crippen molar-refractivity contribution < 1.29 is 13.2 Å². The topological polar surface area (TPSA) is 103 Å². The van der Waals surface area contributed by atoms with E-state index in [0.717, 1.165) is 17.8 Å². The van der Waals surface area contributed by atoms with E-state index in [1.54, 1.807) is 12.1 Å². The van der Waals surface area contributed by atoms with Crippen LogP contribution in [-0.2, 0) is 14.8 Å². The van der Waals surface area contributed by atoms with E-state index in [0.29, 0.717) is 36.2 Å². The summed E-state index contributed by atoms with van der Waals surface area (Å²) in [6.07, 6.45) is 1.39. The molecule has 1 amide bonds. The Morgan fingerprint density at radius 3 is 2.78 bits per heavy atom. The predicted molar refractivity (Wildman–Crippen MR) is 109 cm³/mol. The van der Waals surface area contributed by atoms with Crippen LogP contribution in [0.3, 0.4) is 0 Å². The summed E-state index contributed by atoms with van der Waals surface area (Å²) in [7, 11) is -3.48. The maximum absolute atomic E-state index is 12.2. The van der Waals surface area contributed by atoms with Crippen molar-refractivity contribution in [3.63, 3.8) is 0 Å². The third-order valence-electron chi connectivity index (χ3n) is 4.18. The second-order valence-electron chi connectivity index (χ2n) is 6.35. The van der Waals surface area contributed by atoms with Crippen molar-refractivity contribution in [2.24, 2.45) is 4.99 Å². The zero-order valence-electron chi connectivity index (χ0n) is 16.1. The van der Waals surface area contributed by atoms with E-state index in [-0.39, 0.29) is 18.5 Å². The molecule has 3 N–H and O–H groups in total. The van der Waals surface area contributed by atoms with Crippen LogP contribution in [-0.4, -0.2) is 64.0 Å². The zero-order chi connectivity index (χ0) is 19.9. The molecule has 1 fully saturated rings. The third-order valence-corrected chi connectivity index (χ3v) is 7.14. The Kier molecular flexibility index (Phi) is 8.06. The fourth-order valence-corrected chi connectivity index (χ4v) is 5.17. The molecule has 1 aliphatic rings. The summed E-state index contributed by atoms with van der Waals surface area (Å²) in [5.74, 6) is 0.805. The maximum atomic E-state index is 12.2. The highest BCUT2D eigenvalue weighted by Gasteiger charge is 2.25. The molecule has 10 heteroatoms. The van der Waals surface area contributed by atoms with Gasteiger partial charge in [-0.3, -0.25) is 9.79 Å². The van der Waals surface area contributed by atoms with E-state index in [4.69, 9.17) is 0 Å². The lowest BCUT2D eigenvalue weighted by Gasteiger charge is -2.18. The quantitative estimate of drug-likeness (QED) is 0.333. The number of likely N-dealkylation sites (tertiary alicyclic amines) is 1. The van der Waals surface area contributed by atoms with Crippen LogP contribution in [0.15, 0.2) is 21.3 Å². The Bertz CT molecular complexity index is 760. The van der Waals surface area contributed by atoms with E-state index >= 15 is 0 Å². The standard InChI is InChI=1S/C17H29N5O3S2/c1-4-15(23)22-11-8-14(12-22)21-17(18-5-2)19-9-10-20-27(24,25)16-7-6-13(3)26-16/h6-7,14,20H,4-5,8-12H2,1-3H3,(H2,18,19,21). The lowest BCUT2D eigenvalue weighted by molar-refractivity contribution is -0.129. The van der Waals surface area contributed by atoms with Crippen molar-refractivity contribution >= 4 is 33.2 Å². The molecule has 2 heterocycles. The Morgan fingerprint density at radius 2 is 2.15 bits per heavy atom. The van der Waals surface area contributed by atoms with E-state index in [9.17, 15) is 13.2 Å². The van der Waals surface area contributed by atoms with Crippen molar-refractivity contribution in [2.45, 2.75) is 43.9 Å². The van der Waals surface area contributed by atoms with Gasteiger partial charge in [-0.05, 0) is 32.4 Å². The first kappa shape index (κ1) is 21.6. The first-order valence-electron chi connectivity index (χ1n) is 9.24. The van der Waals surface area contributed by atoms with Gasteiger partial charge in [0.1, 0.15) is 4.21 Å². The van der Waals surface area contributed by atoms with Crippen LogP contribution in [0.2, 0.25) is 0 Å². The van der Waals surface area contributed by atoms with Gasteiger partial charge in [-0.25, -0.2) is 13.1 Å². The molecular weight excluding hydrogens is 386 g/mol. The maximum Gasteiger partial charge on any atom is 0.250 e. The number of nitrogens with zero attached hydrogens (tertiary/aromatic N) is 2.